The maximum absolute atomic E-state index is 13.0. The van der Waals surface area contributed by atoms with E-state index in [1.54, 1.807) is 52.6 Å². The Hall–Kier alpha value is -3.84. The monoisotopic (exact) mass is 473 g/mol. The van der Waals surface area contributed by atoms with Gasteiger partial charge in [0, 0.05) is 31.9 Å². The van der Waals surface area contributed by atoms with Crippen molar-refractivity contribution in [2.75, 3.05) is 46.7 Å². The van der Waals surface area contributed by atoms with Crippen LogP contribution in [0.1, 0.15) is 33.1 Å². The van der Waals surface area contributed by atoms with Gasteiger partial charge in [-0.2, -0.15) is 0 Å². The maximum atomic E-state index is 13.0. The number of ether oxygens (including phenoxy) is 2. The minimum absolute atomic E-state index is 0.0763. The summed E-state index contributed by atoms with van der Waals surface area (Å²) < 4.78 is 11.1. The first kappa shape index (κ1) is 24.3. The van der Waals surface area contributed by atoms with Crippen molar-refractivity contribution in [1.82, 2.24) is 9.80 Å². The van der Waals surface area contributed by atoms with Gasteiger partial charge in [-0.15, -0.1) is 0 Å². The van der Waals surface area contributed by atoms with Crippen molar-refractivity contribution < 1.29 is 19.1 Å². The second kappa shape index (κ2) is 10.6. The normalized spacial score (nSPS) is 15.1. The van der Waals surface area contributed by atoms with Gasteiger partial charge in [0.05, 0.1) is 26.8 Å². The molecule has 0 aromatic heterocycles. The molecule has 182 valence electrons. The smallest absolute Gasteiger partial charge is 0.253 e. The van der Waals surface area contributed by atoms with Gasteiger partial charge in [0.25, 0.3) is 5.91 Å². The molecule has 2 amide bonds. The molecule has 0 radical (unpaired) electrons. The van der Waals surface area contributed by atoms with Gasteiger partial charge in [-0.05, 0) is 59.5 Å². The molecule has 1 aliphatic rings. The first-order valence-corrected chi connectivity index (χ1v) is 11.6. The lowest BCUT2D eigenvalue weighted by Crippen LogP contribution is -2.41. The molecule has 1 atom stereocenters. The highest BCUT2D eigenvalue weighted by atomic mass is 16.5. The predicted octanol–water partition coefficient (Wildman–Crippen LogP) is 3.99. The third kappa shape index (κ3) is 5.30. The van der Waals surface area contributed by atoms with E-state index in [0.29, 0.717) is 22.7 Å². The number of nitrogens with zero attached hydrogens (tertiary/aromatic N) is 2. The topological polar surface area (TPSA) is 71.1 Å². The van der Waals surface area contributed by atoms with Crippen molar-refractivity contribution in [2.45, 2.75) is 12.5 Å². The van der Waals surface area contributed by atoms with E-state index < -0.39 is 0 Å². The molecule has 0 spiro atoms. The summed E-state index contributed by atoms with van der Waals surface area (Å²) in [6, 6.07) is 21.1. The van der Waals surface area contributed by atoms with E-state index in [0.717, 1.165) is 24.1 Å². The number of nitrogens with one attached hydrogen (secondary N) is 1. The van der Waals surface area contributed by atoms with Crippen LogP contribution in [0.15, 0.2) is 66.7 Å². The van der Waals surface area contributed by atoms with Crippen molar-refractivity contribution in [3.8, 4) is 11.5 Å². The molecule has 0 saturated carbocycles. The van der Waals surface area contributed by atoms with Crippen LogP contribution in [0.25, 0.3) is 0 Å². The van der Waals surface area contributed by atoms with Crippen LogP contribution in [-0.4, -0.2) is 63.0 Å². The molecule has 35 heavy (non-hydrogen) atoms. The summed E-state index contributed by atoms with van der Waals surface area (Å²) in [5.74, 6) is 1.19. The lowest BCUT2D eigenvalue weighted by molar-refractivity contribution is -0.117. The summed E-state index contributed by atoms with van der Waals surface area (Å²) in [7, 11) is 6.70. The lowest BCUT2D eigenvalue weighted by atomic mass is 9.87. The summed E-state index contributed by atoms with van der Waals surface area (Å²) in [5.41, 5.74) is 4.65. The highest BCUT2D eigenvalue weighted by molar-refractivity contribution is 5.96. The van der Waals surface area contributed by atoms with Gasteiger partial charge in [-0.1, -0.05) is 30.3 Å². The quantitative estimate of drug-likeness (QED) is 0.562. The lowest BCUT2D eigenvalue weighted by Gasteiger charge is -2.37. The van der Waals surface area contributed by atoms with Crippen LogP contribution in [0.3, 0.4) is 0 Å². The van der Waals surface area contributed by atoms with Gasteiger partial charge >= 0.3 is 0 Å². The molecule has 0 saturated heterocycles. The molecule has 0 aliphatic carbocycles. The van der Waals surface area contributed by atoms with E-state index in [-0.39, 0.29) is 24.4 Å². The summed E-state index contributed by atoms with van der Waals surface area (Å²) >= 11 is 0. The molecular formula is C28H31N3O4. The third-order valence-electron chi connectivity index (χ3n) is 6.26. The number of benzene rings is 3. The first-order chi connectivity index (χ1) is 16.9. The molecule has 0 fully saturated rings. The van der Waals surface area contributed by atoms with Crippen LogP contribution in [0, 0.1) is 0 Å². The van der Waals surface area contributed by atoms with Gasteiger partial charge in [-0.3, -0.25) is 14.5 Å². The second-order valence-corrected chi connectivity index (χ2v) is 8.76. The van der Waals surface area contributed by atoms with E-state index in [1.807, 2.05) is 30.3 Å². The van der Waals surface area contributed by atoms with Crippen LogP contribution in [0.5, 0.6) is 11.5 Å². The van der Waals surface area contributed by atoms with Crippen molar-refractivity contribution >= 4 is 17.5 Å². The molecular weight excluding hydrogens is 442 g/mol. The molecule has 3 aromatic rings. The fourth-order valence-electron chi connectivity index (χ4n) is 4.53. The molecule has 4 rings (SSSR count). The Balaban J connectivity index is 1.57. The van der Waals surface area contributed by atoms with Crippen LogP contribution in [0.2, 0.25) is 0 Å². The molecule has 1 aliphatic heterocycles. The Morgan fingerprint density at radius 1 is 0.971 bits per heavy atom. The zero-order valence-corrected chi connectivity index (χ0v) is 20.6. The van der Waals surface area contributed by atoms with E-state index >= 15 is 0 Å². The molecule has 1 N–H and O–H groups in total. The number of carbonyl (C=O) groups is 2. The number of hydrogen-bond donors (Lipinski definition) is 1. The Kier molecular flexibility index (Phi) is 7.36. The van der Waals surface area contributed by atoms with Gasteiger partial charge in [0.1, 0.15) is 0 Å². The summed E-state index contributed by atoms with van der Waals surface area (Å²) in [5, 5.41) is 2.97. The van der Waals surface area contributed by atoms with Gasteiger partial charge in [0.2, 0.25) is 5.91 Å². The number of carbonyl (C=O) groups excluding carboxylic acids is 2. The zero-order chi connectivity index (χ0) is 24.9. The summed E-state index contributed by atoms with van der Waals surface area (Å²) in [4.78, 5) is 28.9. The van der Waals surface area contributed by atoms with Gasteiger partial charge in [-0.25, -0.2) is 0 Å². The molecule has 0 unspecified atom stereocenters. The largest absolute Gasteiger partial charge is 0.493 e. The number of hydrogen-bond acceptors (Lipinski definition) is 5. The second-order valence-electron chi connectivity index (χ2n) is 8.76. The minimum atomic E-state index is -0.110. The molecule has 1 heterocycles. The van der Waals surface area contributed by atoms with Gasteiger partial charge < -0.3 is 19.7 Å². The molecule has 3 aromatic carbocycles. The van der Waals surface area contributed by atoms with Crippen molar-refractivity contribution in [3.63, 3.8) is 0 Å². The average molecular weight is 474 g/mol. The van der Waals surface area contributed by atoms with E-state index in [2.05, 4.69) is 22.3 Å². The van der Waals surface area contributed by atoms with Crippen molar-refractivity contribution in [3.05, 3.63) is 89.0 Å². The fourth-order valence-corrected chi connectivity index (χ4v) is 4.53. The molecule has 7 nitrogen and oxygen atoms in total. The average Bonchev–Trinajstić information content (AvgIpc) is 2.88. The van der Waals surface area contributed by atoms with Gasteiger partial charge in [0.15, 0.2) is 11.5 Å². The Bertz CT molecular complexity index is 1190. The first-order valence-electron chi connectivity index (χ1n) is 11.6. The Morgan fingerprint density at radius 3 is 2.26 bits per heavy atom. The predicted molar refractivity (Wildman–Crippen MR) is 136 cm³/mol. The maximum Gasteiger partial charge on any atom is 0.253 e. The van der Waals surface area contributed by atoms with E-state index in [1.165, 1.54) is 10.5 Å². The highest BCUT2D eigenvalue weighted by Gasteiger charge is 2.31. The Morgan fingerprint density at radius 2 is 1.63 bits per heavy atom. The number of fused-ring (bicyclic) bond motifs is 1. The third-order valence-corrected chi connectivity index (χ3v) is 6.26. The summed E-state index contributed by atoms with van der Waals surface area (Å²) in [6.45, 7) is 0.956. The van der Waals surface area contributed by atoms with Crippen molar-refractivity contribution in [1.29, 1.82) is 0 Å². The zero-order valence-electron chi connectivity index (χ0n) is 20.6. The Labute approximate surface area is 206 Å². The highest BCUT2D eigenvalue weighted by Crippen LogP contribution is 2.40. The summed E-state index contributed by atoms with van der Waals surface area (Å²) in [6.07, 6.45) is 0.799. The van der Waals surface area contributed by atoms with Crippen molar-refractivity contribution in [2.24, 2.45) is 0 Å². The van der Waals surface area contributed by atoms with Crippen LogP contribution < -0.4 is 14.8 Å². The molecule has 0 bridgehead atoms. The van der Waals surface area contributed by atoms with Crippen LogP contribution in [0.4, 0.5) is 5.69 Å². The van der Waals surface area contributed by atoms with Crippen LogP contribution >= 0.6 is 0 Å². The number of anilines is 1. The number of amides is 2. The fraction of sp³-hybridized carbons (Fsp3) is 0.286. The molecule has 7 heteroatoms. The van der Waals surface area contributed by atoms with Crippen LogP contribution in [-0.2, 0) is 11.2 Å². The number of methoxy groups -OCH3 is 2. The van der Waals surface area contributed by atoms with E-state index in [9.17, 15) is 9.59 Å². The standard InChI is InChI=1S/C28H31N3O4/c1-30(2)28(33)20-10-12-22(13-11-20)29-26(32)18-31-15-14-21-16-24(34-3)25(35-4)17-23(21)27(31)19-8-6-5-7-9-19/h5-13,16-17,27H,14-15,18H2,1-4H3,(H,29,32)/t27-/m0/s1. The van der Waals surface area contributed by atoms with E-state index in [4.69, 9.17) is 9.47 Å². The minimum Gasteiger partial charge on any atom is -0.493 e. The SMILES string of the molecule is COc1cc2c(cc1OC)[C@H](c1ccccc1)N(CC(=O)Nc1ccc(C(=O)N(C)C)cc1)CC2. The number of rotatable bonds is 7.